The number of carbonyl (C=O) groups excluding carboxylic acids is 5. The van der Waals surface area contributed by atoms with Gasteiger partial charge in [-0.25, -0.2) is 0 Å². The third-order valence-electron chi connectivity index (χ3n) is 9.78. The van der Waals surface area contributed by atoms with Gasteiger partial charge < -0.3 is 30.8 Å². The fourth-order valence-electron chi connectivity index (χ4n) is 7.05. The van der Waals surface area contributed by atoms with Crippen LogP contribution < -0.4 is 21.3 Å². The molecule has 1 saturated carbocycles. The molecule has 11 heteroatoms. The van der Waals surface area contributed by atoms with Crippen LogP contribution in [0.5, 0.6) is 0 Å². The molecule has 2 aliphatic heterocycles. The molecule has 2 heterocycles. The van der Waals surface area contributed by atoms with Crippen molar-refractivity contribution in [2.45, 2.75) is 49.7 Å². The predicted octanol–water partition coefficient (Wildman–Crippen LogP) is 1.53. The van der Waals surface area contributed by atoms with Crippen molar-refractivity contribution >= 4 is 40.7 Å². The summed E-state index contributed by atoms with van der Waals surface area (Å²) < 4.78 is 5.49. The lowest BCUT2D eigenvalue weighted by Crippen LogP contribution is -2.60. The molecule has 2 saturated heterocycles. The standard InChI is InChI=1S/C37H43N5O6/c43-24-37(22-30(37)29-14-7-15-38-34(29)45)41-36(47)32(23-42-16-18-48-19-17-42)40-35(46)31(39-33(44)20-25-8-2-1-3-9-25)21-27-12-6-11-26-10-4-5-13-28(26)27/h1-6,8-13,24,29-32H,7,14-23H2,(H,38,45)(H,39,44)(H,40,46)(H,41,47)/t29-,30?,31-,32-,37?/m0/s1. The first-order valence-corrected chi connectivity index (χ1v) is 16.8. The van der Waals surface area contributed by atoms with Crippen LogP contribution in [0.15, 0.2) is 72.8 Å². The van der Waals surface area contributed by atoms with Crippen LogP contribution >= 0.6 is 0 Å². The van der Waals surface area contributed by atoms with Crippen molar-refractivity contribution in [2.24, 2.45) is 11.8 Å². The van der Waals surface area contributed by atoms with E-state index in [0.29, 0.717) is 45.7 Å². The lowest BCUT2D eigenvalue weighted by atomic mass is 9.91. The molecule has 0 aromatic heterocycles. The predicted molar refractivity (Wildman–Crippen MR) is 180 cm³/mol. The Hall–Kier alpha value is -4.61. The Morgan fingerprint density at radius 1 is 0.938 bits per heavy atom. The Balaban J connectivity index is 1.22. The molecular formula is C37H43N5O6. The van der Waals surface area contributed by atoms with Crippen molar-refractivity contribution in [1.82, 2.24) is 26.2 Å². The Labute approximate surface area is 280 Å². The van der Waals surface area contributed by atoms with Gasteiger partial charge in [0.25, 0.3) is 0 Å². The minimum Gasteiger partial charge on any atom is -0.379 e. The van der Waals surface area contributed by atoms with Crippen molar-refractivity contribution < 1.29 is 28.7 Å². The molecule has 4 amide bonds. The molecule has 3 aromatic rings. The molecule has 3 aliphatic rings. The van der Waals surface area contributed by atoms with Gasteiger partial charge in [-0.2, -0.15) is 0 Å². The second-order valence-corrected chi connectivity index (χ2v) is 13.1. The van der Waals surface area contributed by atoms with Crippen LogP contribution in [0.2, 0.25) is 0 Å². The second-order valence-electron chi connectivity index (χ2n) is 13.1. The normalized spacial score (nSPS) is 23.7. The highest BCUT2D eigenvalue weighted by Crippen LogP contribution is 2.49. The number of nitrogens with zero attached hydrogens (tertiary/aromatic N) is 1. The quantitative estimate of drug-likeness (QED) is 0.205. The average Bonchev–Trinajstić information content (AvgIpc) is 3.82. The number of ether oxygens (including phenoxy) is 1. The molecule has 3 aromatic carbocycles. The molecule has 2 unspecified atom stereocenters. The van der Waals surface area contributed by atoms with Gasteiger partial charge in [0.2, 0.25) is 23.6 Å². The summed E-state index contributed by atoms with van der Waals surface area (Å²) in [5, 5.41) is 13.6. The molecule has 6 rings (SSSR count). The molecule has 0 radical (unpaired) electrons. The fourth-order valence-corrected chi connectivity index (χ4v) is 7.05. The Morgan fingerprint density at radius 2 is 1.69 bits per heavy atom. The zero-order valence-electron chi connectivity index (χ0n) is 27.0. The smallest absolute Gasteiger partial charge is 0.244 e. The first-order valence-electron chi connectivity index (χ1n) is 16.8. The lowest BCUT2D eigenvalue weighted by Gasteiger charge is -2.32. The number of carbonyl (C=O) groups is 5. The summed E-state index contributed by atoms with van der Waals surface area (Å²) in [4.78, 5) is 68.4. The summed E-state index contributed by atoms with van der Waals surface area (Å²) in [5.74, 6) is -2.05. The Bertz CT molecular complexity index is 1640. The number of benzene rings is 3. The van der Waals surface area contributed by atoms with E-state index in [0.717, 1.165) is 34.6 Å². The molecule has 11 nitrogen and oxygen atoms in total. The molecule has 1 aliphatic carbocycles. The first-order chi connectivity index (χ1) is 23.3. The summed E-state index contributed by atoms with van der Waals surface area (Å²) in [5.41, 5.74) is 0.541. The molecule has 0 bridgehead atoms. The maximum absolute atomic E-state index is 14.2. The average molecular weight is 654 g/mol. The van der Waals surface area contributed by atoms with E-state index < -0.39 is 29.4 Å². The van der Waals surface area contributed by atoms with E-state index in [9.17, 15) is 24.0 Å². The third-order valence-corrected chi connectivity index (χ3v) is 9.78. The van der Waals surface area contributed by atoms with Gasteiger partial charge in [0.05, 0.1) is 25.2 Å². The van der Waals surface area contributed by atoms with Crippen LogP contribution in [0.1, 0.15) is 30.4 Å². The second kappa shape index (κ2) is 15.1. The summed E-state index contributed by atoms with van der Waals surface area (Å²) in [7, 11) is 0. The van der Waals surface area contributed by atoms with Gasteiger partial charge in [0, 0.05) is 44.4 Å². The molecule has 0 spiro atoms. The minimum absolute atomic E-state index is 0.0927. The van der Waals surface area contributed by atoms with Crippen molar-refractivity contribution in [3.05, 3.63) is 83.9 Å². The van der Waals surface area contributed by atoms with Gasteiger partial charge in [-0.05, 0) is 41.2 Å². The lowest BCUT2D eigenvalue weighted by molar-refractivity contribution is -0.133. The molecule has 3 fully saturated rings. The van der Waals surface area contributed by atoms with Crippen LogP contribution in [0.3, 0.4) is 0 Å². The van der Waals surface area contributed by atoms with E-state index in [1.807, 2.05) is 77.7 Å². The van der Waals surface area contributed by atoms with E-state index in [2.05, 4.69) is 21.3 Å². The number of fused-ring (bicyclic) bond motifs is 1. The van der Waals surface area contributed by atoms with Crippen LogP contribution in [0, 0.1) is 11.8 Å². The van der Waals surface area contributed by atoms with Gasteiger partial charge in [0.15, 0.2) is 0 Å². The molecule has 5 atom stereocenters. The third kappa shape index (κ3) is 7.91. The van der Waals surface area contributed by atoms with Crippen LogP contribution in [0.25, 0.3) is 10.8 Å². The number of hydrogen-bond acceptors (Lipinski definition) is 7. The van der Waals surface area contributed by atoms with Crippen molar-refractivity contribution in [3.8, 4) is 0 Å². The van der Waals surface area contributed by atoms with Gasteiger partial charge in [-0.3, -0.25) is 24.1 Å². The molecular weight excluding hydrogens is 610 g/mol. The first kappa shape index (κ1) is 33.3. The van der Waals surface area contributed by atoms with Crippen LogP contribution in [0.4, 0.5) is 0 Å². The maximum atomic E-state index is 14.2. The van der Waals surface area contributed by atoms with Crippen molar-refractivity contribution in [2.75, 3.05) is 39.4 Å². The highest BCUT2D eigenvalue weighted by molar-refractivity contribution is 5.95. The van der Waals surface area contributed by atoms with Crippen molar-refractivity contribution in [1.29, 1.82) is 0 Å². The summed E-state index contributed by atoms with van der Waals surface area (Å²) >= 11 is 0. The summed E-state index contributed by atoms with van der Waals surface area (Å²) in [6.45, 7) is 2.96. The molecule has 252 valence electrons. The van der Waals surface area contributed by atoms with Crippen molar-refractivity contribution in [3.63, 3.8) is 0 Å². The highest BCUT2D eigenvalue weighted by atomic mass is 16.5. The fraction of sp³-hybridized carbons (Fsp3) is 0.432. The largest absolute Gasteiger partial charge is 0.379 e. The minimum atomic E-state index is -1.16. The van der Waals surface area contributed by atoms with E-state index in [-0.39, 0.29) is 43.0 Å². The number of aldehydes is 1. The number of hydrogen-bond donors (Lipinski definition) is 4. The maximum Gasteiger partial charge on any atom is 0.244 e. The van der Waals surface area contributed by atoms with E-state index >= 15 is 0 Å². The van der Waals surface area contributed by atoms with Gasteiger partial charge >= 0.3 is 0 Å². The number of nitrogens with one attached hydrogen (secondary N) is 4. The van der Waals surface area contributed by atoms with E-state index in [4.69, 9.17) is 4.74 Å². The summed E-state index contributed by atoms with van der Waals surface area (Å²) in [6, 6.07) is 21.0. The van der Waals surface area contributed by atoms with E-state index in [1.165, 1.54) is 0 Å². The summed E-state index contributed by atoms with van der Waals surface area (Å²) in [6.07, 6.45) is 2.89. The number of piperidine rings is 1. The number of amides is 4. The Kier molecular flexibility index (Phi) is 10.5. The topological polar surface area (TPSA) is 146 Å². The Morgan fingerprint density at radius 3 is 2.46 bits per heavy atom. The molecule has 4 N–H and O–H groups in total. The van der Waals surface area contributed by atoms with Gasteiger partial charge in [-0.15, -0.1) is 0 Å². The monoisotopic (exact) mass is 653 g/mol. The highest BCUT2D eigenvalue weighted by Gasteiger charge is 2.61. The van der Waals surface area contributed by atoms with Gasteiger partial charge in [0.1, 0.15) is 18.4 Å². The zero-order chi connectivity index (χ0) is 33.5. The van der Waals surface area contributed by atoms with Crippen LogP contribution in [-0.2, 0) is 41.6 Å². The van der Waals surface area contributed by atoms with Gasteiger partial charge in [-0.1, -0.05) is 72.8 Å². The van der Waals surface area contributed by atoms with Crippen LogP contribution in [-0.4, -0.2) is 91.8 Å². The zero-order valence-corrected chi connectivity index (χ0v) is 27.0. The number of morpholine rings is 1. The molecule has 48 heavy (non-hydrogen) atoms. The number of rotatable bonds is 13. The van der Waals surface area contributed by atoms with E-state index in [1.54, 1.807) is 0 Å². The SMILES string of the molecule is O=CC1(NC(=O)[C@H](CN2CCOCC2)NC(=O)[C@H](Cc2cccc3ccccc23)NC(=O)Cc2ccccc2)CC1[C@@H]1CCCNC1=O.